The summed E-state index contributed by atoms with van der Waals surface area (Å²) in [5, 5.41) is 2.10. The number of hydrogen-bond acceptors (Lipinski definition) is 2. The highest BCUT2D eigenvalue weighted by molar-refractivity contribution is 7.97. The summed E-state index contributed by atoms with van der Waals surface area (Å²) in [4.78, 5) is 5.00. The van der Waals surface area contributed by atoms with Gasteiger partial charge in [-0.15, -0.1) is 11.3 Å². The van der Waals surface area contributed by atoms with Crippen LogP contribution in [-0.4, -0.2) is 0 Å². The van der Waals surface area contributed by atoms with Crippen LogP contribution in [0.5, 0.6) is 11.5 Å². The minimum Gasteiger partial charge on any atom is -0.452 e. The highest BCUT2D eigenvalue weighted by Gasteiger charge is 2.31. The van der Waals surface area contributed by atoms with E-state index in [1.807, 2.05) is 6.07 Å². The molecular formula is C28H21OS2+. The van der Waals surface area contributed by atoms with Crippen molar-refractivity contribution in [3.63, 3.8) is 0 Å². The normalized spacial score (nSPS) is 10.9. The zero-order valence-corrected chi connectivity index (χ0v) is 18.5. The molecular weight excluding hydrogens is 416 g/mol. The average Bonchev–Trinajstić information content (AvgIpc) is 3.37. The highest BCUT2D eigenvalue weighted by atomic mass is 32.2. The van der Waals surface area contributed by atoms with E-state index in [0.717, 1.165) is 11.5 Å². The Balaban J connectivity index is 1.52. The molecule has 3 heteroatoms. The smallest absolute Gasteiger partial charge is 0.208 e. The molecule has 0 bridgehead atoms. The van der Waals surface area contributed by atoms with Crippen molar-refractivity contribution in [2.75, 3.05) is 0 Å². The van der Waals surface area contributed by atoms with Gasteiger partial charge in [0.15, 0.2) is 15.5 Å². The van der Waals surface area contributed by atoms with Crippen LogP contribution in [0.1, 0.15) is 0 Å². The fourth-order valence-electron chi connectivity index (χ4n) is 3.46. The Bertz CT molecular complexity index is 1190. The van der Waals surface area contributed by atoms with Gasteiger partial charge in [-0.2, -0.15) is 0 Å². The molecule has 0 aliphatic heterocycles. The molecule has 0 atom stereocenters. The van der Waals surface area contributed by atoms with Gasteiger partial charge in [0, 0.05) is 4.88 Å². The van der Waals surface area contributed by atoms with Gasteiger partial charge in [-0.3, -0.25) is 0 Å². The minimum absolute atomic E-state index is 0.252. The zero-order valence-electron chi connectivity index (χ0n) is 16.8. The van der Waals surface area contributed by atoms with Crippen molar-refractivity contribution in [1.29, 1.82) is 0 Å². The molecule has 0 aliphatic carbocycles. The molecule has 150 valence electrons. The van der Waals surface area contributed by atoms with Crippen LogP contribution in [0.3, 0.4) is 0 Å². The fraction of sp³-hybridized carbons (Fsp3) is 0. The molecule has 1 nitrogen and oxygen atoms in total. The van der Waals surface area contributed by atoms with Gasteiger partial charge in [-0.05, 0) is 77.7 Å². The van der Waals surface area contributed by atoms with Crippen LogP contribution < -0.4 is 4.74 Å². The lowest BCUT2D eigenvalue weighted by Gasteiger charge is -2.13. The number of thiophene rings is 1. The monoisotopic (exact) mass is 437 g/mol. The van der Waals surface area contributed by atoms with Crippen molar-refractivity contribution in [2.24, 2.45) is 0 Å². The minimum atomic E-state index is -0.252. The van der Waals surface area contributed by atoms with E-state index in [4.69, 9.17) is 4.74 Å². The molecule has 0 saturated carbocycles. The molecule has 5 rings (SSSR count). The summed E-state index contributed by atoms with van der Waals surface area (Å²) in [6.45, 7) is 0. The molecule has 0 aliphatic rings. The lowest BCUT2D eigenvalue weighted by atomic mass is 10.2. The van der Waals surface area contributed by atoms with Crippen LogP contribution in [0.15, 0.2) is 141 Å². The van der Waals surface area contributed by atoms with Crippen molar-refractivity contribution < 1.29 is 4.74 Å². The Morgan fingerprint density at radius 3 is 1.77 bits per heavy atom. The third kappa shape index (κ3) is 4.43. The van der Waals surface area contributed by atoms with E-state index >= 15 is 0 Å². The maximum absolute atomic E-state index is 6.42. The number of ether oxygens (including phenoxy) is 1. The standard InChI is InChI=1S/C28H21OS2/c1-3-10-24(11-4-1)31(25-12-5-2-6-13-25)28-16-8-7-14-26(28)29-23-19-17-22(18-20-23)27-15-9-21-30-27/h1-21H/q+1. The first-order chi connectivity index (χ1) is 15.4. The van der Waals surface area contributed by atoms with Gasteiger partial charge in [-0.25, -0.2) is 0 Å². The summed E-state index contributed by atoms with van der Waals surface area (Å²) in [5.74, 6) is 1.74. The molecule has 4 aromatic carbocycles. The second-order valence-corrected chi connectivity index (χ2v) is 9.93. The molecule has 0 radical (unpaired) electrons. The molecule has 31 heavy (non-hydrogen) atoms. The van der Waals surface area contributed by atoms with E-state index < -0.39 is 0 Å². The van der Waals surface area contributed by atoms with Crippen LogP contribution >= 0.6 is 11.3 Å². The van der Waals surface area contributed by atoms with Gasteiger partial charge in [0.25, 0.3) is 0 Å². The van der Waals surface area contributed by atoms with Crippen LogP contribution in [0.2, 0.25) is 0 Å². The summed E-state index contributed by atoms with van der Waals surface area (Å²) in [6.07, 6.45) is 0. The first-order valence-electron chi connectivity index (χ1n) is 10.1. The summed E-state index contributed by atoms with van der Waals surface area (Å²) >= 11 is 1.75. The molecule has 5 aromatic rings. The molecule has 0 unspecified atom stereocenters. The summed E-state index contributed by atoms with van der Waals surface area (Å²) in [7, 11) is -0.252. The van der Waals surface area contributed by atoms with Gasteiger partial charge in [0.05, 0.1) is 0 Å². The van der Waals surface area contributed by atoms with Gasteiger partial charge >= 0.3 is 0 Å². The van der Waals surface area contributed by atoms with Crippen molar-refractivity contribution in [3.8, 4) is 21.9 Å². The maximum Gasteiger partial charge on any atom is 0.208 e. The Morgan fingerprint density at radius 1 is 0.548 bits per heavy atom. The lowest BCUT2D eigenvalue weighted by Crippen LogP contribution is -2.06. The van der Waals surface area contributed by atoms with Crippen molar-refractivity contribution >= 4 is 22.2 Å². The third-order valence-electron chi connectivity index (χ3n) is 4.91. The fourth-order valence-corrected chi connectivity index (χ4v) is 6.36. The predicted octanol–water partition coefficient (Wildman–Crippen LogP) is 8.30. The van der Waals surface area contributed by atoms with E-state index in [9.17, 15) is 0 Å². The summed E-state index contributed by atoms with van der Waals surface area (Å²) < 4.78 is 6.42. The van der Waals surface area contributed by atoms with Gasteiger partial charge in [0.1, 0.15) is 16.6 Å². The number of hydrogen-bond donors (Lipinski definition) is 0. The van der Waals surface area contributed by atoms with Crippen LogP contribution in [0, 0.1) is 0 Å². The van der Waals surface area contributed by atoms with E-state index in [1.165, 1.54) is 25.1 Å². The first-order valence-corrected chi connectivity index (χ1v) is 12.2. The van der Waals surface area contributed by atoms with Gasteiger partial charge in [0.2, 0.25) is 4.90 Å². The molecule has 0 amide bonds. The van der Waals surface area contributed by atoms with Crippen molar-refractivity contribution in [1.82, 2.24) is 0 Å². The Morgan fingerprint density at radius 2 is 1.16 bits per heavy atom. The molecule has 0 saturated heterocycles. The second kappa shape index (κ2) is 9.25. The largest absolute Gasteiger partial charge is 0.452 e. The van der Waals surface area contributed by atoms with Crippen molar-refractivity contribution in [2.45, 2.75) is 14.7 Å². The Kier molecular flexibility index (Phi) is 5.87. The van der Waals surface area contributed by atoms with E-state index in [1.54, 1.807) is 11.3 Å². The van der Waals surface area contributed by atoms with Gasteiger partial charge in [-0.1, -0.05) is 54.6 Å². The van der Waals surface area contributed by atoms with E-state index in [0.29, 0.717) is 0 Å². The molecule has 0 spiro atoms. The summed E-state index contributed by atoms with van der Waals surface area (Å²) in [6, 6.07) is 42.3. The highest BCUT2D eigenvalue weighted by Crippen LogP contribution is 2.38. The Labute approximate surface area is 190 Å². The van der Waals surface area contributed by atoms with Crippen LogP contribution in [0.25, 0.3) is 10.4 Å². The predicted molar refractivity (Wildman–Crippen MR) is 131 cm³/mol. The average molecular weight is 438 g/mol. The molecule has 0 N–H and O–H groups in total. The number of para-hydroxylation sites is 1. The molecule has 1 aromatic heterocycles. The van der Waals surface area contributed by atoms with Crippen molar-refractivity contribution in [3.05, 3.63) is 127 Å². The summed E-state index contributed by atoms with van der Waals surface area (Å²) in [5.41, 5.74) is 1.21. The zero-order chi connectivity index (χ0) is 20.9. The number of benzene rings is 4. The molecule has 1 heterocycles. The third-order valence-corrected chi connectivity index (χ3v) is 8.10. The number of rotatable bonds is 6. The van der Waals surface area contributed by atoms with Gasteiger partial charge < -0.3 is 4.74 Å². The second-order valence-electron chi connectivity index (χ2n) is 6.98. The SMILES string of the molecule is c1ccc([S+](c2ccccc2)c2ccccc2Oc2ccc(-c3cccs3)cc2)cc1. The molecule has 0 fully saturated rings. The van der Waals surface area contributed by atoms with E-state index in [-0.39, 0.29) is 10.9 Å². The van der Waals surface area contributed by atoms with E-state index in [2.05, 4.69) is 121 Å². The first kappa shape index (κ1) is 19.7. The van der Waals surface area contributed by atoms with Crippen LogP contribution in [-0.2, 0) is 10.9 Å². The topological polar surface area (TPSA) is 9.23 Å². The van der Waals surface area contributed by atoms with Crippen LogP contribution in [0.4, 0.5) is 0 Å². The Hall–Kier alpha value is -3.27. The quantitative estimate of drug-likeness (QED) is 0.243. The maximum atomic E-state index is 6.42. The lowest BCUT2D eigenvalue weighted by molar-refractivity contribution is 0.471.